The Morgan fingerprint density at radius 1 is 1.11 bits per heavy atom. The van der Waals surface area contributed by atoms with Gasteiger partial charge in [-0.1, -0.05) is 61.3 Å². The van der Waals surface area contributed by atoms with Crippen LogP contribution in [0.3, 0.4) is 0 Å². The molecular formula is C17H33NO. The van der Waals surface area contributed by atoms with Gasteiger partial charge in [-0.25, -0.2) is 0 Å². The number of rotatable bonds is 2. The van der Waals surface area contributed by atoms with E-state index in [-0.39, 0.29) is 22.8 Å². The molecule has 1 aliphatic heterocycles. The highest BCUT2D eigenvalue weighted by Crippen LogP contribution is 2.42. The summed E-state index contributed by atoms with van der Waals surface area (Å²) in [6.45, 7) is 15.9. The monoisotopic (exact) mass is 267 g/mol. The van der Waals surface area contributed by atoms with Crippen molar-refractivity contribution in [2.75, 3.05) is 0 Å². The predicted octanol–water partition coefficient (Wildman–Crippen LogP) is 4.39. The lowest BCUT2D eigenvalue weighted by Gasteiger charge is -2.43. The molecule has 1 fully saturated rings. The highest BCUT2D eigenvalue weighted by Gasteiger charge is 2.42. The van der Waals surface area contributed by atoms with Gasteiger partial charge in [0.1, 0.15) is 0 Å². The average Bonchev–Trinajstić information content (AvgIpc) is 2.36. The first-order valence-corrected chi connectivity index (χ1v) is 7.85. The van der Waals surface area contributed by atoms with Crippen molar-refractivity contribution >= 4 is 5.91 Å². The molecule has 1 N–H and O–H groups in total. The van der Waals surface area contributed by atoms with Crippen LogP contribution < -0.4 is 5.32 Å². The predicted molar refractivity (Wildman–Crippen MR) is 82.0 cm³/mol. The summed E-state index contributed by atoms with van der Waals surface area (Å²) < 4.78 is 0. The summed E-state index contributed by atoms with van der Waals surface area (Å²) >= 11 is 0. The first kappa shape index (κ1) is 16.5. The molecule has 0 spiro atoms. The highest BCUT2D eigenvalue weighted by molar-refractivity contribution is 5.77. The van der Waals surface area contributed by atoms with E-state index in [4.69, 9.17) is 0 Å². The Morgan fingerprint density at radius 2 is 1.68 bits per heavy atom. The fourth-order valence-electron chi connectivity index (χ4n) is 3.48. The molecule has 3 atom stereocenters. The van der Waals surface area contributed by atoms with Gasteiger partial charge in [0.15, 0.2) is 0 Å². The van der Waals surface area contributed by atoms with Gasteiger partial charge in [0, 0.05) is 12.5 Å². The molecular weight excluding hydrogens is 234 g/mol. The molecule has 0 aromatic rings. The van der Waals surface area contributed by atoms with E-state index in [0.717, 1.165) is 0 Å². The van der Waals surface area contributed by atoms with E-state index < -0.39 is 0 Å². The molecule has 1 rings (SSSR count). The summed E-state index contributed by atoms with van der Waals surface area (Å²) in [5.41, 5.74) is 0.357. The van der Waals surface area contributed by atoms with Crippen molar-refractivity contribution in [3.63, 3.8) is 0 Å². The second kappa shape index (κ2) is 5.85. The average molecular weight is 267 g/mol. The summed E-state index contributed by atoms with van der Waals surface area (Å²) in [7, 11) is 0. The zero-order chi connectivity index (χ0) is 14.8. The zero-order valence-corrected chi connectivity index (χ0v) is 14.0. The van der Waals surface area contributed by atoms with Crippen LogP contribution in [-0.2, 0) is 4.79 Å². The van der Waals surface area contributed by atoms with E-state index in [1.54, 1.807) is 0 Å². The van der Waals surface area contributed by atoms with Crippen LogP contribution in [-0.4, -0.2) is 11.9 Å². The lowest BCUT2D eigenvalue weighted by Crippen LogP contribution is -2.50. The van der Waals surface area contributed by atoms with Crippen molar-refractivity contribution < 1.29 is 4.79 Å². The molecule has 1 amide bonds. The Morgan fingerprint density at radius 3 is 2.11 bits per heavy atom. The molecule has 1 saturated heterocycles. The molecule has 3 unspecified atom stereocenters. The van der Waals surface area contributed by atoms with Crippen molar-refractivity contribution in [1.82, 2.24) is 5.32 Å². The summed E-state index contributed by atoms with van der Waals surface area (Å²) in [6, 6.07) is 0.279. The smallest absolute Gasteiger partial charge is 0.220 e. The number of nitrogens with one attached hydrogen (secondary N) is 1. The SMILES string of the molecule is CCCC1CC(=O)NC(C(C)(C)C)C(C(C)(C)C)C1. The second-order valence-electron chi connectivity index (χ2n) is 8.48. The maximum Gasteiger partial charge on any atom is 0.220 e. The minimum absolute atomic E-state index is 0.120. The summed E-state index contributed by atoms with van der Waals surface area (Å²) in [6.07, 6.45) is 4.25. The van der Waals surface area contributed by atoms with Crippen LogP contribution >= 0.6 is 0 Å². The Kier molecular flexibility index (Phi) is 5.08. The third kappa shape index (κ3) is 4.50. The summed E-state index contributed by atoms with van der Waals surface area (Å²) in [5.74, 6) is 1.36. The van der Waals surface area contributed by atoms with E-state index >= 15 is 0 Å². The molecule has 0 aliphatic carbocycles. The van der Waals surface area contributed by atoms with Crippen LogP contribution in [0.15, 0.2) is 0 Å². The van der Waals surface area contributed by atoms with Gasteiger partial charge in [0.25, 0.3) is 0 Å². The molecule has 112 valence electrons. The van der Waals surface area contributed by atoms with Gasteiger partial charge in [-0.2, -0.15) is 0 Å². The third-order valence-electron chi connectivity index (χ3n) is 4.52. The maximum atomic E-state index is 12.2. The van der Waals surface area contributed by atoms with Crippen molar-refractivity contribution in [3.8, 4) is 0 Å². The van der Waals surface area contributed by atoms with E-state index in [9.17, 15) is 4.79 Å². The summed E-state index contributed by atoms with van der Waals surface area (Å²) in [5, 5.41) is 3.32. The van der Waals surface area contributed by atoms with E-state index in [1.165, 1.54) is 19.3 Å². The molecule has 0 aromatic carbocycles. The number of hydrogen-bond acceptors (Lipinski definition) is 1. The molecule has 0 radical (unpaired) electrons. The Balaban J connectivity index is 3.04. The fourth-order valence-corrected chi connectivity index (χ4v) is 3.48. The summed E-state index contributed by atoms with van der Waals surface area (Å²) in [4.78, 5) is 12.2. The highest BCUT2D eigenvalue weighted by atomic mass is 16.1. The van der Waals surface area contributed by atoms with Gasteiger partial charge in [0.05, 0.1) is 0 Å². The molecule has 1 heterocycles. The Labute approximate surface area is 119 Å². The largest absolute Gasteiger partial charge is 0.353 e. The Bertz CT molecular complexity index is 308. The van der Waals surface area contributed by atoms with Gasteiger partial charge in [-0.05, 0) is 29.1 Å². The van der Waals surface area contributed by atoms with Crippen LogP contribution in [0.1, 0.15) is 74.1 Å². The van der Waals surface area contributed by atoms with Gasteiger partial charge in [-0.3, -0.25) is 4.79 Å². The van der Waals surface area contributed by atoms with Crippen molar-refractivity contribution in [1.29, 1.82) is 0 Å². The lowest BCUT2D eigenvalue weighted by atomic mass is 9.65. The molecule has 2 heteroatoms. The van der Waals surface area contributed by atoms with Gasteiger partial charge in [-0.15, -0.1) is 0 Å². The van der Waals surface area contributed by atoms with Crippen LogP contribution in [0.25, 0.3) is 0 Å². The van der Waals surface area contributed by atoms with Crippen molar-refractivity contribution in [2.45, 2.75) is 80.2 Å². The molecule has 2 nitrogen and oxygen atoms in total. The van der Waals surface area contributed by atoms with Crippen LogP contribution in [0.5, 0.6) is 0 Å². The molecule has 19 heavy (non-hydrogen) atoms. The molecule has 0 saturated carbocycles. The number of carbonyl (C=O) groups excluding carboxylic acids is 1. The van der Waals surface area contributed by atoms with E-state index in [1.807, 2.05) is 0 Å². The minimum atomic E-state index is 0.120. The van der Waals surface area contributed by atoms with E-state index in [2.05, 4.69) is 53.8 Å². The number of carbonyl (C=O) groups is 1. The lowest BCUT2D eigenvalue weighted by molar-refractivity contribution is -0.123. The first-order valence-electron chi connectivity index (χ1n) is 7.85. The third-order valence-corrected chi connectivity index (χ3v) is 4.52. The van der Waals surface area contributed by atoms with Gasteiger partial charge < -0.3 is 5.32 Å². The standard InChI is InChI=1S/C17H33NO/c1-8-9-12-10-13(16(2,3)4)15(17(5,6)7)18-14(19)11-12/h12-13,15H,8-11H2,1-7H3,(H,18,19). The van der Waals surface area contributed by atoms with E-state index in [0.29, 0.717) is 18.3 Å². The molecule has 1 aliphatic rings. The quantitative estimate of drug-likeness (QED) is 0.790. The number of hydrogen-bond donors (Lipinski definition) is 1. The minimum Gasteiger partial charge on any atom is -0.353 e. The normalized spacial score (nSPS) is 29.8. The fraction of sp³-hybridized carbons (Fsp3) is 0.941. The van der Waals surface area contributed by atoms with Gasteiger partial charge in [0.2, 0.25) is 5.91 Å². The molecule has 0 bridgehead atoms. The molecule has 0 aromatic heterocycles. The number of amides is 1. The topological polar surface area (TPSA) is 29.1 Å². The van der Waals surface area contributed by atoms with Crippen molar-refractivity contribution in [2.24, 2.45) is 22.7 Å². The van der Waals surface area contributed by atoms with Crippen LogP contribution in [0.4, 0.5) is 0 Å². The maximum absolute atomic E-state index is 12.2. The Hall–Kier alpha value is -0.530. The van der Waals surface area contributed by atoms with Crippen molar-refractivity contribution in [3.05, 3.63) is 0 Å². The van der Waals surface area contributed by atoms with Crippen LogP contribution in [0.2, 0.25) is 0 Å². The first-order chi connectivity index (χ1) is 8.55. The zero-order valence-electron chi connectivity index (χ0n) is 14.0. The van der Waals surface area contributed by atoms with Crippen LogP contribution in [0, 0.1) is 22.7 Å². The van der Waals surface area contributed by atoms with Gasteiger partial charge >= 0.3 is 0 Å². The second-order valence-corrected chi connectivity index (χ2v) is 8.48.